The van der Waals surface area contributed by atoms with Crippen LogP contribution in [0.5, 0.6) is 0 Å². The van der Waals surface area contributed by atoms with Gasteiger partial charge in [-0.2, -0.15) is 0 Å². The summed E-state index contributed by atoms with van der Waals surface area (Å²) < 4.78 is 2.28. The van der Waals surface area contributed by atoms with E-state index >= 15 is 0 Å². The van der Waals surface area contributed by atoms with Crippen LogP contribution in [-0.2, 0) is 12.5 Å². The van der Waals surface area contributed by atoms with Crippen molar-refractivity contribution < 1.29 is 0 Å². The van der Waals surface area contributed by atoms with Crippen LogP contribution in [0.2, 0.25) is 0 Å². The second-order valence-electron chi connectivity index (χ2n) is 24.2. The number of hydrogen-bond donors (Lipinski definition) is 0. The fraction of sp³-hybridized carbons (Fsp3) is 0.452. The normalized spacial score (nSPS) is 7.97. The fourth-order valence-corrected chi connectivity index (χ4v) is 11.7. The number of nitrogens with zero attached hydrogens (tertiary/aromatic N) is 1. The molecule has 1 aliphatic carbocycles. The topological polar surface area (TPSA) is 4.93 Å². The van der Waals surface area contributed by atoms with Crippen molar-refractivity contribution in [3.63, 3.8) is 0 Å². The van der Waals surface area contributed by atoms with Gasteiger partial charge in [0.15, 0.2) is 0 Å². The minimum Gasteiger partial charge on any atom is -0.344 e. The molecule has 0 radical (unpaired) electrons. The van der Waals surface area contributed by atoms with E-state index in [-0.39, 0.29) is 50.0 Å². The van der Waals surface area contributed by atoms with Gasteiger partial charge in [-0.05, 0) is 142 Å². The van der Waals surface area contributed by atoms with Crippen LogP contribution < -0.4 is 0 Å². The summed E-state index contributed by atoms with van der Waals surface area (Å²) in [5, 5.41) is 7.94. The molecule has 0 N–H and O–H groups in total. The Kier molecular flexibility index (Phi) is 199. The molecule has 16 rings (SSSR count). The monoisotopic (exact) mass is 2030 g/mol. The molecule has 0 saturated heterocycles. The highest BCUT2D eigenvalue weighted by Crippen LogP contribution is 2.49. The molecule has 846 valence electrons. The quantitative estimate of drug-likeness (QED) is 0.166. The first-order valence-electron chi connectivity index (χ1n) is 56.7. The van der Waals surface area contributed by atoms with E-state index in [4.69, 9.17) is 0 Å². The lowest BCUT2D eigenvalue weighted by atomic mass is 9.81. The number of aromatic nitrogens is 1. The Hall–Kier alpha value is -10.6. The second-order valence-corrected chi connectivity index (χ2v) is 24.2. The van der Waals surface area contributed by atoms with Crippen LogP contribution in [0.4, 0.5) is 0 Å². The highest BCUT2D eigenvalue weighted by Gasteiger charge is 2.35. The first kappa shape index (κ1) is 191. The molecule has 1 heterocycles. The third-order valence-corrected chi connectivity index (χ3v) is 16.8. The summed E-state index contributed by atoms with van der Waals surface area (Å²) in [4.78, 5) is 0. The van der Waals surface area contributed by atoms with Crippen LogP contribution in [0.3, 0.4) is 0 Å². The van der Waals surface area contributed by atoms with Crippen LogP contribution in [-0.4, -0.2) is 4.57 Å². The second kappa shape index (κ2) is 153. The van der Waals surface area contributed by atoms with Crippen molar-refractivity contribution in [3.8, 4) is 44.5 Å². The van der Waals surface area contributed by atoms with Crippen molar-refractivity contribution in [1.29, 1.82) is 0 Å². The Morgan fingerprint density at radius 1 is 0.150 bits per heavy atom. The molecular weight excluding hydrogens is 1770 g/mol. The molecule has 0 aliphatic heterocycles. The molecule has 0 spiro atoms. The van der Waals surface area contributed by atoms with Crippen LogP contribution in [0.15, 0.2) is 340 Å². The van der Waals surface area contributed by atoms with Gasteiger partial charge in [0.2, 0.25) is 0 Å². The molecule has 0 unspecified atom stereocenters. The predicted molar refractivity (Wildman–Crippen MR) is 720 cm³/mol. The summed E-state index contributed by atoms with van der Waals surface area (Å²) in [7, 11) is 2.14. The predicted octanol–water partition coefficient (Wildman–Crippen LogP) is 54.4. The lowest BCUT2D eigenvalue weighted by molar-refractivity contribution is 0.659. The van der Waals surface area contributed by atoms with E-state index in [1.54, 1.807) is 0 Å². The van der Waals surface area contributed by atoms with Gasteiger partial charge in [-0.3, -0.25) is 0 Å². The van der Waals surface area contributed by atoms with E-state index in [1.165, 1.54) is 132 Å². The fourth-order valence-electron chi connectivity index (χ4n) is 11.7. The Labute approximate surface area is 928 Å². The zero-order chi connectivity index (χ0) is 114. The molecule has 0 bridgehead atoms. The van der Waals surface area contributed by atoms with Crippen molar-refractivity contribution >= 4 is 43.4 Å². The van der Waals surface area contributed by atoms with Crippen LogP contribution >= 0.6 is 0 Å². The standard InChI is InChI=1S/C18H14.C17H18.C15H15N.C12H10.2C10H8.C8H10.25C2H6.6CH4/c1-3-7-15(8-4-1)17-11-13-18(14-12-17)16-9-5-2-6-10-16;1-11-5-7-13-14-8-6-12(2)10-16(14)17(3,4)15(13)9-11;1-10-4-6-12-13-7-5-11(2)9-15(13)16(3)14(12)8-10;1-3-7-11(8-4-1)12-9-5-2-6-10-12;2*1-2-6-10-8-4-3-7-9(10)5-1;1-7-3-5-8(2)6-4-7;25*1-2;;;;;;/h1-14H;5-10H,1-4H3;4-9H,1-3H3;1-10H;2*1-8H;3-6H,1-2H3;25*1-2H3;6*1H4. The summed E-state index contributed by atoms with van der Waals surface area (Å²) in [6, 6.07) is 119. The van der Waals surface area contributed by atoms with Gasteiger partial charge in [0.1, 0.15) is 0 Å². The lowest BCUT2D eigenvalue weighted by Crippen LogP contribution is -2.15. The Bertz CT molecular complexity index is 4320. The summed E-state index contributed by atoms with van der Waals surface area (Å²) in [6.07, 6.45) is 0. The van der Waals surface area contributed by atoms with Crippen molar-refractivity contribution in [1.82, 2.24) is 4.57 Å². The van der Waals surface area contributed by atoms with Crippen molar-refractivity contribution in [2.45, 2.75) is 452 Å². The Balaban J connectivity index is -0.0000000578. The maximum absolute atomic E-state index is 2.34. The number of rotatable bonds is 3. The van der Waals surface area contributed by atoms with Gasteiger partial charge in [0.25, 0.3) is 0 Å². The molecule has 1 nitrogen and oxygen atoms in total. The smallest absolute Gasteiger partial charge is 0.0491 e. The third-order valence-electron chi connectivity index (χ3n) is 16.8. The molecule has 1 heteroatoms. The highest BCUT2D eigenvalue weighted by molar-refractivity contribution is 6.08. The first-order valence-corrected chi connectivity index (χ1v) is 56.7. The summed E-state index contributed by atoms with van der Waals surface area (Å²) >= 11 is 0. The first-order chi connectivity index (χ1) is 69.3. The van der Waals surface area contributed by atoms with Crippen molar-refractivity contribution in [3.05, 3.63) is 384 Å². The summed E-state index contributed by atoms with van der Waals surface area (Å²) in [5.41, 5.74) is 24.1. The van der Waals surface area contributed by atoms with Gasteiger partial charge in [0.05, 0.1) is 0 Å². The number of aryl methyl sites for hydroxylation is 7. The molecular formula is C146H257N. The van der Waals surface area contributed by atoms with Crippen LogP contribution in [0.25, 0.3) is 87.9 Å². The minimum atomic E-state index is 0. The average Bonchev–Trinajstić information content (AvgIpc) is 1.57. The molecule has 1 aliphatic rings. The maximum Gasteiger partial charge on any atom is 0.0491 e. The molecule has 0 saturated carbocycles. The molecule has 1 aromatic heterocycles. The number of hydrogen-bond acceptors (Lipinski definition) is 0. The Morgan fingerprint density at radius 2 is 0.286 bits per heavy atom. The molecule has 0 fully saturated rings. The Morgan fingerprint density at radius 3 is 0.456 bits per heavy atom. The van der Waals surface area contributed by atoms with Crippen LogP contribution in [0, 0.1) is 41.5 Å². The van der Waals surface area contributed by atoms with Gasteiger partial charge in [-0.25, -0.2) is 0 Å². The molecule has 0 atom stereocenters. The van der Waals surface area contributed by atoms with Gasteiger partial charge in [-0.1, -0.05) is 754 Å². The summed E-state index contributed by atoms with van der Waals surface area (Å²) in [6.45, 7) is 117. The highest BCUT2D eigenvalue weighted by atomic mass is 14.9. The number of fused-ring (bicyclic) bond motifs is 8. The van der Waals surface area contributed by atoms with E-state index < -0.39 is 0 Å². The van der Waals surface area contributed by atoms with E-state index in [2.05, 4.69) is 382 Å². The van der Waals surface area contributed by atoms with Crippen molar-refractivity contribution in [2.24, 2.45) is 7.05 Å². The van der Waals surface area contributed by atoms with Gasteiger partial charge < -0.3 is 4.57 Å². The van der Waals surface area contributed by atoms with Crippen LogP contribution in [0.1, 0.15) is 449 Å². The third kappa shape index (κ3) is 84.0. The SMILES string of the molecule is C.C.C.C.C.C.CC.CC.CC.CC.CC.CC.CC.CC.CC.CC.CC.CC.CC.CC.CC.CC.CC.CC.CC.CC.CC.CC.CC.CC.CC.Cc1ccc(C)cc1.Cc1ccc2c(c1)C(C)(C)c1cc(C)ccc1-2.Cc1ccc2c3ccc(C)cc3n(C)c2c1.c1ccc(-c2ccc(-c3ccccc3)cc2)cc1.c1ccc(-c2ccccc2)cc1.c1ccc2ccccc2c1.c1ccc2ccccc2c1. The van der Waals surface area contributed by atoms with E-state index in [9.17, 15) is 0 Å². The number of benzene rings is 14. The van der Waals surface area contributed by atoms with E-state index in [0.29, 0.717) is 0 Å². The minimum absolute atomic E-state index is 0. The van der Waals surface area contributed by atoms with Gasteiger partial charge in [-0.15, -0.1) is 0 Å². The molecule has 0 amide bonds. The van der Waals surface area contributed by atoms with Gasteiger partial charge in [0, 0.05) is 34.3 Å². The van der Waals surface area contributed by atoms with Gasteiger partial charge >= 0.3 is 0 Å². The van der Waals surface area contributed by atoms with Crippen molar-refractivity contribution in [2.75, 3.05) is 0 Å². The molecule has 15 aromatic rings. The molecule has 14 aromatic carbocycles. The zero-order valence-corrected chi connectivity index (χ0v) is 104. The average molecular weight is 2030 g/mol. The largest absolute Gasteiger partial charge is 0.344 e. The summed E-state index contributed by atoms with van der Waals surface area (Å²) in [5.74, 6) is 0. The lowest BCUT2D eigenvalue weighted by Gasteiger charge is -2.22. The molecule has 147 heavy (non-hydrogen) atoms. The zero-order valence-electron chi connectivity index (χ0n) is 104. The van der Waals surface area contributed by atoms with E-state index in [1.807, 2.05) is 370 Å². The maximum atomic E-state index is 2.34. The van der Waals surface area contributed by atoms with E-state index in [0.717, 1.165) is 0 Å².